The third-order valence-corrected chi connectivity index (χ3v) is 4.00. The third-order valence-electron chi connectivity index (χ3n) is 4.00. The van der Waals surface area contributed by atoms with Crippen LogP contribution in [0, 0.1) is 11.9 Å². The Balaban J connectivity index is 1.81. The zero-order chi connectivity index (χ0) is 13.7. The number of hydrogen-bond donors (Lipinski definition) is 1. The molecule has 2 rings (SSSR count). The first-order valence-electron chi connectivity index (χ1n) is 7.29. The molecule has 1 fully saturated rings. The number of piperidine rings is 1. The SMILES string of the molecule is CCCN1CCC(C(C)Nc2ccc(F)nc2)CC1. The Morgan fingerprint density at radius 1 is 1.42 bits per heavy atom. The topological polar surface area (TPSA) is 28.2 Å². The van der Waals surface area contributed by atoms with Gasteiger partial charge < -0.3 is 10.2 Å². The molecule has 0 radical (unpaired) electrons. The van der Waals surface area contributed by atoms with Crippen LogP contribution in [0.2, 0.25) is 0 Å². The third kappa shape index (κ3) is 4.16. The number of likely N-dealkylation sites (tertiary alicyclic amines) is 1. The smallest absolute Gasteiger partial charge is 0.212 e. The molecule has 4 heteroatoms. The minimum absolute atomic E-state index is 0.413. The Hall–Kier alpha value is -1.16. The van der Waals surface area contributed by atoms with Gasteiger partial charge in [-0.05, 0) is 63.9 Å². The van der Waals surface area contributed by atoms with Crippen LogP contribution in [0.5, 0.6) is 0 Å². The molecule has 1 aliphatic rings. The first-order valence-corrected chi connectivity index (χ1v) is 7.29. The highest BCUT2D eigenvalue weighted by Crippen LogP contribution is 2.23. The molecular formula is C15H24FN3. The molecule has 1 saturated heterocycles. The molecule has 0 saturated carbocycles. The van der Waals surface area contributed by atoms with Crippen LogP contribution in [0.1, 0.15) is 33.1 Å². The van der Waals surface area contributed by atoms with Crippen LogP contribution >= 0.6 is 0 Å². The van der Waals surface area contributed by atoms with Gasteiger partial charge in [0.15, 0.2) is 0 Å². The van der Waals surface area contributed by atoms with Gasteiger partial charge in [0, 0.05) is 6.04 Å². The highest BCUT2D eigenvalue weighted by atomic mass is 19.1. The van der Waals surface area contributed by atoms with Crippen LogP contribution in [0.3, 0.4) is 0 Å². The summed E-state index contributed by atoms with van der Waals surface area (Å²) in [5.41, 5.74) is 0.907. The van der Waals surface area contributed by atoms with Crippen molar-refractivity contribution < 1.29 is 4.39 Å². The van der Waals surface area contributed by atoms with Crippen molar-refractivity contribution in [3.05, 3.63) is 24.3 Å². The van der Waals surface area contributed by atoms with Crippen molar-refractivity contribution in [2.75, 3.05) is 25.0 Å². The lowest BCUT2D eigenvalue weighted by atomic mass is 9.90. The van der Waals surface area contributed by atoms with E-state index in [9.17, 15) is 4.39 Å². The van der Waals surface area contributed by atoms with Crippen LogP contribution in [0.4, 0.5) is 10.1 Å². The number of halogens is 1. The number of rotatable bonds is 5. The molecule has 0 aliphatic carbocycles. The van der Waals surface area contributed by atoms with Gasteiger partial charge >= 0.3 is 0 Å². The number of anilines is 1. The monoisotopic (exact) mass is 265 g/mol. The fourth-order valence-corrected chi connectivity index (χ4v) is 2.83. The van der Waals surface area contributed by atoms with Gasteiger partial charge in [0.25, 0.3) is 0 Å². The van der Waals surface area contributed by atoms with Crippen molar-refractivity contribution in [1.82, 2.24) is 9.88 Å². The minimum Gasteiger partial charge on any atom is -0.381 e. The first kappa shape index (κ1) is 14.3. The average molecular weight is 265 g/mol. The number of nitrogens with one attached hydrogen (secondary N) is 1. The molecule has 1 atom stereocenters. The minimum atomic E-state index is -0.425. The van der Waals surface area contributed by atoms with E-state index in [2.05, 4.69) is 29.0 Å². The second-order valence-corrected chi connectivity index (χ2v) is 5.48. The Morgan fingerprint density at radius 3 is 2.74 bits per heavy atom. The summed E-state index contributed by atoms with van der Waals surface area (Å²) in [7, 11) is 0. The Bertz CT molecular complexity index is 371. The zero-order valence-corrected chi connectivity index (χ0v) is 11.9. The second kappa shape index (κ2) is 6.85. The van der Waals surface area contributed by atoms with Gasteiger partial charge in [0.2, 0.25) is 5.95 Å². The summed E-state index contributed by atoms with van der Waals surface area (Å²) in [4.78, 5) is 6.22. The maximum atomic E-state index is 12.7. The highest BCUT2D eigenvalue weighted by molar-refractivity contribution is 5.40. The molecule has 0 amide bonds. The van der Waals surface area contributed by atoms with E-state index in [-0.39, 0.29) is 0 Å². The first-order chi connectivity index (χ1) is 9.19. The molecule has 1 aromatic rings. The molecule has 0 aromatic carbocycles. The molecule has 19 heavy (non-hydrogen) atoms. The number of nitrogens with zero attached hydrogens (tertiary/aromatic N) is 2. The van der Waals surface area contributed by atoms with Gasteiger partial charge in [-0.1, -0.05) is 6.92 Å². The van der Waals surface area contributed by atoms with Gasteiger partial charge in [-0.25, -0.2) is 4.98 Å². The van der Waals surface area contributed by atoms with E-state index in [4.69, 9.17) is 0 Å². The summed E-state index contributed by atoms with van der Waals surface area (Å²) in [6.45, 7) is 8.07. The Labute approximate surface area is 115 Å². The van der Waals surface area contributed by atoms with Crippen LogP contribution in [-0.4, -0.2) is 35.6 Å². The average Bonchev–Trinajstić information content (AvgIpc) is 2.42. The van der Waals surface area contributed by atoms with Crippen LogP contribution in [0.25, 0.3) is 0 Å². The van der Waals surface area contributed by atoms with Gasteiger partial charge in [-0.3, -0.25) is 0 Å². The van der Waals surface area contributed by atoms with Crippen molar-refractivity contribution in [3.63, 3.8) is 0 Å². The van der Waals surface area contributed by atoms with Crippen LogP contribution in [-0.2, 0) is 0 Å². The van der Waals surface area contributed by atoms with E-state index >= 15 is 0 Å². The van der Waals surface area contributed by atoms with Crippen molar-refractivity contribution in [2.45, 2.75) is 39.2 Å². The molecular weight excluding hydrogens is 241 g/mol. The highest BCUT2D eigenvalue weighted by Gasteiger charge is 2.23. The summed E-state index contributed by atoms with van der Waals surface area (Å²) in [5.74, 6) is 0.268. The van der Waals surface area contributed by atoms with Crippen molar-refractivity contribution >= 4 is 5.69 Å². The van der Waals surface area contributed by atoms with E-state index in [1.54, 1.807) is 12.3 Å². The Kier molecular flexibility index (Phi) is 5.14. The number of pyridine rings is 1. The summed E-state index contributed by atoms with van der Waals surface area (Å²) in [6.07, 6.45) is 5.28. The van der Waals surface area contributed by atoms with Crippen LogP contribution in [0.15, 0.2) is 18.3 Å². The quantitative estimate of drug-likeness (QED) is 0.829. The molecule has 1 aliphatic heterocycles. The molecule has 0 spiro atoms. The largest absolute Gasteiger partial charge is 0.381 e. The molecule has 3 nitrogen and oxygen atoms in total. The fourth-order valence-electron chi connectivity index (χ4n) is 2.83. The van der Waals surface area contributed by atoms with Gasteiger partial charge in [-0.2, -0.15) is 4.39 Å². The summed E-state index contributed by atoms with van der Waals surface area (Å²) in [6, 6.07) is 3.57. The molecule has 0 bridgehead atoms. The molecule has 2 heterocycles. The maximum Gasteiger partial charge on any atom is 0.212 e. The standard InChI is InChI=1S/C15H24FN3/c1-3-8-19-9-6-13(7-10-19)12(2)18-14-4-5-15(16)17-11-14/h4-5,11-13,18H,3,6-10H2,1-2H3. The Morgan fingerprint density at radius 2 is 2.16 bits per heavy atom. The lowest BCUT2D eigenvalue weighted by Gasteiger charge is -2.35. The van der Waals surface area contributed by atoms with E-state index in [1.165, 1.54) is 45.0 Å². The van der Waals surface area contributed by atoms with Crippen molar-refractivity contribution in [1.29, 1.82) is 0 Å². The fraction of sp³-hybridized carbons (Fsp3) is 0.667. The molecule has 1 unspecified atom stereocenters. The number of hydrogen-bond acceptors (Lipinski definition) is 3. The summed E-state index contributed by atoms with van der Waals surface area (Å²) in [5, 5.41) is 3.44. The predicted molar refractivity (Wildman–Crippen MR) is 76.7 cm³/mol. The van der Waals surface area contributed by atoms with Gasteiger partial charge in [-0.15, -0.1) is 0 Å². The van der Waals surface area contributed by atoms with Gasteiger partial charge in [0.1, 0.15) is 0 Å². The second-order valence-electron chi connectivity index (χ2n) is 5.48. The lowest BCUT2D eigenvalue weighted by Crippen LogP contribution is -2.39. The van der Waals surface area contributed by atoms with E-state index < -0.39 is 5.95 Å². The zero-order valence-electron chi connectivity index (χ0n) is 11.9. The lowest BCUT2D eigenvalue weighted by molar-refractivity contribution is 0.176. The van der Waals surface area contributed by atoms with E-state index in [0.29, 0.717) is 12.0 Å². The van der Waals surface area contributed by atoms with Crippen molar-refractivity contribution in [2.24, 2.45) is 5.92 Å². The predicted octanol–water partition coefficient (Wildman–Crippen LogP) is 3.14. The molecule has 1 aromatic heterocycles. The summed E-state index contributed by atoms with van der Waals surface area (Å²) < 4.78 is 12.7. The maximum absolute atomic E-state index is 12.7. The normalized spacial score (nSPS) is 19.3. The summed E-state index contributed by atoms with van der Waals surface area (Å²) >= 11 is 0. The van der Waals surface area contributed by atoms with Crippen LogP contribution < -0.4 is 5.32 Å². The number of aromatic nitrogens is 1. The molecule has 106 valence electrons. The van der Waals surface area contributed by atoms with Gasteiger partial charge in [0.05, 0.1) is 11.9 Å². The molecule has 1 N–H and O–H groups in total. The van der Waals surface area contributed by atoms with E-state index in [0.717, 1.165) is 5.69 Å². The van der Waals surface area contributed by atoms with Crippen molar-refractivity contribution in [3.8, 4) is 0 Å². The van der Waals surface area contributed by atoms with E-state index in [1.807, 2.05) is 0 Å².